The zero-order valence-electron chi connectivity index (χ0n) is 10.1. The molecule has 1 aliphatic rings. The van der Waals surface area contributed by atoms with Gasteiger partial charge in [-0.25, -0.2) is 9.78 Å². The van der Waals surface area contributed by atoms with E-state index >= 15 is 0 Å². The summed E-state index contributed by atoms with van der Waals surface area (Å²) in [6, 6.07) is 0.269. The minimum absolute atomic E-state index is 0.181. The van der Waals surface area contributed by atoms with Crippen molar-refractivity contribution in [3.05, 3.63) is 10.6 Å². The monoisotopic (exact) mass is 256 g/mol. The van der Waals surface area contributed by atoms with Crippen LogP contribution in [-0.4, -0.2) is 36.8 Å². The maximum Gasteiger partial charge on any atom is 0.357 e. The van der Waals surface area contributed by atoms with Crippen LogP contribution in [0.2, 0.25) is 0 Å². The summed E-state index contributed by atoms with van der Waals surface area (Å²) in [5, 5.41) is 4.06. The van der Waals surface area contributed by atoms with Gasteiger partial charge in [-0.05, 0) is 20.3 Å². The number of carbonyl (C=O) groups is 1. The number of rotatable bonds is 3. The van der Waals surface area contributed by atoms with Crippen molar-refractivity contribution in [1.82, 2.24) is 4.98 Å². The smallest absolute Gasteiger partial charge is 0.357 e. The third-order valence-corrected chi connectivity index (χ3v) is 3.76. The highest BCUT2D eigenvalue weighted by Crippen LogP contribution is 2.26. The average Bonchev–Trinajstić information content (AvgIpc) is 2.86. The Hall–Kier alpha value is -1.14. The van der Waals surface area contributed by atoms with E-state index in [1.165, 1.54) is 18.4 Å². The van der Waals surface area contributed by atoms with E-state index in [-0.39, 0.29) is 18.1 Å². The number of hydrogen-bond donors (Lipinski definition) is 1. The van der Waals surface area contributed by atoms with Crippen molar-refractivity contribution < 1.29 is 14.3 Å². The summed E-state index contributed by atoms with van der Waals surface area (Å²) in [6.45, 7) is 4.67. The third kappa shape index (κ3) is 2.58. The molecule has 94 valence electrons. The van der Waals surface area contributed by atoms with Crippen LogP contribution in [-0.2, 0) is 9.47 Å². The van der Waals surface area contributed by atoms with Gasteiger partial charge in [-0.1, -0.05) is 0 Å². The number of ether oxygens (including phenoxy) is 2. The van der Waals surface area contributed by atoms with Crippen LogP contribution in [0.5, 0.6) is 0 Å². The quantitative estimate of drug-likeness (QED) is 0.836. The van der Waals surface area contributed by atoms with Crippen molar-refractivity contribution in [3.63, 3.8) is 0 Å². The highest BCUT2D eigenvalue weighted by molar-refractivity contribution is 7.15. The van der Waals surface area contributed by atoms with Gasteiger partial charge in [0.25, 0.3) is 0 Å². The Morgan fingerprint density at radius 1 is 1.65 bits per heavy atom. The zero-order chi connectivity index (χ0) is 12.4. The molecule has 2 atom stereocenters. The second-order valence-corrected chi connectivity index (χ2v) is 5.23. The number of anilines is 1. The molecule has 2 rings (SSSR count). The number of nitrogens with one attached hydrogen (secondary N) is 1. The second kappa shape index (κ2) is 5.01. The van der Waals surface area contributed by atoms with Crippen LogP contribution in [0.15, 0.2) is 0 Å². The maximum absolute atomic E-state index is 11.4. The lowest BCUT2D eigenvalue weighted by atomic mass is 10.2. The molecule has 0 radical (unpaired) electrons. The highest BCUT2D eigenvalue weighted by atomic mass is 32.1. The van der Waals surface area contributed by atoms with Crippen LogP contribution in [0, 0.1) is 6.92 Å². The molecule has 0 amide bonds. The van der Waals surface area contributed by atoms with E-state index in [1.54, 1.807) is 0 Å². The molecule has 0 spiro atoms. The number of esters is 1. The van der Waals surface area contributed by atoms with Crippen molar-refractivity contribution >= 4 is 22.4 Å². The molecule has 1 N–H and O–H groups in total. The lowest BCUT2D eigenvalue weighted by Gasteiger charge is -2.14. The molecule has 1 aromatic rings. The normalized spacial score (nSPS) is 23.7. The predicted molar refractivity (Wildman–Crippen MR) is 65.6 cm³/mol. The Balaban J connectivity index is 2.09. The average molecular weight is 256 g/mol. The number of hydrogen-bond acceptors (Lipinski definition) is 6. The van der Waals surface area contributed by atoms with Gasteiger partial charge in [-0.2, -0.15) is 0 Å². The maximum atomic E-state index is 11.4. The fourth-order valence-corrected chi connectivity index (χ4v) is 2.69. The number of methoxy groups -OCH3 is 1. The van der Waals surface area contributed by atoms with Crippen LogP contribution in [0.25, 0.3) is 0 Å². The SMILES string of the molecule is COC(=O)c1nc(NC2CCOC2C)sc1C. The topological polar surface area (TPSA) is 60.5 Å². The standard InChI is InChI=1S/C11H16N2O3S/c1-6-8(4-5-16-6)12-11-13-9(7(2)17-11)10(14)15-3/h6,8H,4-5H2,1-3H3,(H,12,13). The summed E-state index contributed by atoms with van der Waals surface area (Å²) in [4.78, 5) is 16.5. The predicted octanol–water partition coefficient (Wildman–Crippen LogP) is 1.83. The third-order valence-electron chi connectivity index (χ3n) is 2.86. The first kappa shape index (κ1) is 12.3. The first-order valence-electron chi connectivity index (χ1n) is 5.55. The Bertz CT molecular complexity index is 419. The van der Waals surface area contributed by atoms with Crippen molar-refractivity contribution in [1.29, 1.82) is 0 Å². The van der Waals surface area contributed by atoms with Crippen molar-refractivity contribution in [3.8, 4) is 0 Å². The molecule has 1 aromatic heterocycles. The van der Waals surface area contributed by atoms with Gasteiger partial charge in [0.1, 0.15) is 0 Å². The zero-order valence-corrected chi connectivity index (χ0v) is 11.0. The largest absolute Gasteiger partial charge is 0.464 e. The fourth-order valence-electron chi connectivity index (χ4n) is 1.82. The number of thiazole rings is 1. The molecule has 0 aliphatic carbocycles. The molecule has 1 saturated heterocycles. The van der Waals surface area contributed by atoms with Gasteiger partial charge in [0.2, 0.25) is 0 Å². The van der Waals surface area contributed by atoms with Crippen LogP contribution in [0.4, 0.5) is 5.13 Å². The van der Waals surface area contributed by atoms with Gasteiger partial charge in [0, 0.05) is 11.5 Å². The van der Waals surface area contributed by atoms with Crippen LogP contribution in [0.1, 0.15) is 28.7 Å². The molecular formula is C11H16N2O3S. The van der Waals surface area contributed by atoms with Gasteiger partial charge in [0.05, 0.1) is 19.3 Å². The Labute approximate surface area is 104 Å². The fraction of sp³-hybridized carbons (Fsp3) is 0.636. The van der Waals surface area contributed by atoms with E-state index in [1.807, 2.05) is 13.8 Å². The number of nitrogens with zero attached hydrogens (tertiary/aromatic N) is 1. The summed E-state index contributed by atoms with van der Waals surface area (Å²) in [6.07, 6.45) is 1.15. The summed E-state index contributed by atoms with van der Waals surface area (Å²) < 4.78 is 10.1. The van der Waals surface area contributed by atoms with Gasteiger partial charge < -0.3 is 14.8 Å². The summed E-state index contributed by atoms with van der Waals surface area (Å²) in [5.41, 5.74) is 0.395. The van der Waals surface area contributed by atoms with Crippen LogP contribution < -0.4 is 5.32 Å². The highest BCUT2D eigenvalue weighted by Gasteiger charge is 2.25. The number of carbonyl (C=O) groups excluding carboxylic acids is 1. The molecule has 6 heteroatoms. The number of aryl methyl sites for hydroxylation is 1. The molecule has 2 heterocycles. The van der Waals surface area contributed by atoms with Gasteiger partial charge in [0.15, 0.2) is 10.8 Å². The van der Waals surface area contributed by atoms with E-state index in [9.17, 15) is 4.79 Å². The van der Waals surface area contributed by atoms with E-state index in [0.29, 0.717) is 5.69 Å². The lowest BCUT2D eigenvalue weighted by molar-refractivity contribution is 0.0594. The second-order valence-electron chi connectivity index (χ2n) is 4.03. The molecular weight excluding hydrogens is 240 g/mol. The van der Waals surface area contributed by atoms with Crippen molar-refractivity contribution in [2.75, 3.05) is 19.0 Å². The molecule has 0 bridgehead atoms. The van der Waals surface area contributed by atoms with Crippen molar-refractivity contribution in [2.45, 2.75) is 32.4 Å². The minimum atomic E-state index is -0.387. The summed E-state index contributed by atoms with van der Waals surface area (Å²) in [5.74, 6) is -0.387. The van der Waals surface area contributed by atoms with Crippen molar-refractivity contribution in [2.24, 2.45) is 0 Å². The minimum Gasteiger partial charge on any atom is -0.464 e. The molecule has 2 unspecified atom stereocenters. The van der Waals surface area contributed by atoms with E-state index < -0.39 is 0 Å². The molecule has 1 fully saturated rings. The van der Waals surface area contributed by atoms with E-state index in [0.717, 1.165) is 23.0 Å². The molecule has 5 nitrogen and oxygen atoms in total. The Morgan fingerprint density at radius 2 is 2.41 bits per heavy atom. The molecule has 17 heavy (non-hydrogen) atoms. The van der Waals surface area contributed by atoms with Gasteiger partial charge in [-0.3, -0.25) is 0 Å². The first-order chi connectivity index (χ1) is 8.11. The van der Waals surface area contributed by atoms with E-state index in [2.05, 4.69) is 15.0 Å². The van der Waals surface area contributed by atoms with Gasteiger partial charge in [-0.15, -0.1) is 11.3 Å². The number of aromatic nitrogens is 1. The Morgan fingerprint density at radius 3 is 3.00 bits per heavy atom. The summed E-state index contributed by atoms with van der Waals surface area (Å²) in [7, 11) is 1.36. The van der Waals surface area contributed by atoms with Crippen LogP contribution >= 0.6 is 11.3 Å². The molecule has 0 saturated carbocycles. The van der Waals surface area contributed by atoms with E-state index in [4.69, 9.17) is 4.74 Å². The summed E-state index contributed by atoms with van der Waals surface area (Å²) >= 11 is 1.47. The van der Waals surface area contributed by atoms with Crippen LogP contribution in [0.3, 0.4) is 0 Å². The molecule has 1 aliphatic heterocycles. The Kier molecular flexibility index (Phi) is 3.63. The molecule has 0 aromatic carbocycles. The van der Waals surface area contributed by atoms with Gasteiger partial charge >= 0.3 is 5.97 Å². The lowest BCUT2D eigenvalue weighted by Crippen LogP contribution is -2.26. The first-order valence-corrected chi connectivity index (χ1v) is 6.37.